The number of hydrogen-bond acceptors (Lipinski definition) is 5. The fraction of sp³-hybridized carbons (Fsp3) is 0.579. The number of nitrogens with zero attached hydrogens (tertiary/aromatic N) is 1. The molecular weight excluding hydrogens is 320 g/mol. The van der Waals surface area contributed by atoms with Gasteiger partial charge < -0.3 is 19.7 Å². The second kappa shape index (κ2) is 7.87. The number of carbonyl (C=O) groups excluding carboxylic acids is 2. The summed E-state index contributed by atoms with van der Waals surface area (Å²) >= 11 is 0. The van der Waals surface area contributed by atoms with Crippen LogP contribution in [0.5, 0.6) is 0 Å². The van der Waals surface area contributed by atoms with Crippen LogP contribution in [0.4, 0.5) is 4.79 Å². The fourth-order valence-corrected chi connectivity index (χ4v) is 3.15. The van der Waals surface area contributed by atoms with E-state index < -0.39 is 5.60 Å². The molecular formula is C19H28N2O4. The van der Waals surface area contributed by atoms with Crippen molar-refractivity contribution in [2.45, 2.75) is 44.8 Å². The average Bonchev–Trinajstić information content (AvgIpc) is 2.51. The zero-order valence-corrected chi connectivity index (χ0v) is 15.7. The highest BCUT2D eigenvalue weighted by Gasteiger charge is 2.29. The molecule has 1 saturated heterocycles. The molecule has 0 unspecified atom stereocenters. The summed E-state index contributed by atoms with van der Waals surface area (Å²) < 4.78 is 10.1. The summed E-state index contributed by atoms with van der Waals surface area (Å²) in [5.41, 5.74) is 1.18. The second-order valence-electron chi connectivity index (χ2n) is 7.61. The largest absolute Gasteiger partial charge is 0.465 e. The molecule has 0 aromatic heterocycles. The number of hydrogen-bond donors (Lipinski definition) is 1. The molecule has 1 fully saturated rings. The Morgan fingerprint density at radius 2 is 1.80 bits per heavy atom. The van der Waals surface area contributed by atoms with E-state index in [9.17, 15) is 9.59 Å². The summed E-state index contributed by atoms with van der Waals surface area (Å²) in [6, 6.07) is 7.51. The van der Waals surface area contributed by atoms with Gasteiger partial charge in [0.15, 0.2) is 0 Å². The lowest BCUT2D eigenvalue weighted by Gasteiger charge is -2.36. The smallest absolute Gasteiger partial charge is 0.407 e. The van der Waals surface area contributed by atoms with E-state index in [0.29, 0.717) is 5.56 Å². The molecule has 0 bridgehead atoms. The number of amides is 1. The number of nitrogens with one attached hydrogen (secondary N) is 1. The van der Waals surface area contributed by atoms with Crippen LogP contribution in [0.1, 0.15) is 49.0 Å². The van der Waals surface area contributed by atoms with Crippen molar-refractivity contribution in [1.29, 1.82) is 0 Å². The van der Waals surface area contributed by atoms with Crippen molar-refractivity contribution in [2.75, 3.05) is 27.2 Å². The topological polar surface area (TPSA) is 67.9 Å². The fourth-order valence-electron chi connectivity index (χ4n) is 3.15. The van der Waals surface area contributed by atoms with Crippen molar-refractivity contribution in [1.82, 2.24) is 10.2 Å². The lowest BCUT2D eigenvalue weighted by Crippen LogP contribution is -2.49. The van der Waals surface area contributed by atoms with Crippen molar-refractivity contribution < 1.29 is 19.1 Å². The first-order valence-corrected chi connectivity index (χ1v) is 8.54. The Kier molecular flexibility index (Phi) is 6.06. The van der Waals surface area contributed by atoms with Gasteiger partial charge >= 0.3 is 12.1 Å². The van der Waals surface area contributed by atoms with Gasteiger partial charge in [-0.15, -0.1) is 0 Å². The number of alkyl carbamates (subject to hydrolysis) is 1. The Morgan fingerprint density at radius 3 is 2.36 bits per heavy atom. The molecule has 6 nitrogen and oxygen atoms in total. The molecule has 0 aliphatic carbocycles. The lowest BCUT2D eigenvalue weighted by molar-refractivity contribution is 0.0472. The Labute approximate surface area is 149 Å². The SMILES string of the molecule is COC(=O)c1ccc([C@H]2C[C@@H](NC(=O)OC(C)(C)C)CN(C)C2)cc1. The third-order valence-corrected chi connectivity index (χ3v) is 4.16. The van der Waals surface area contributed by atoms with Crippen molar-refractivity contribution >= 4 is 12.1 Å². The molecule has 0 saturated carbocycles. The minimum Gasteiger partial charge on any atom is -0.465 e. The van der Waals surface area contributed by atoms with Gasteiger partial charge in [0.2, 0.25) is 0 Å². The molecule has 2 rings (SSSR count). The number of rotatable bonds is 3. The van der Waals surface area contributed by atoms with Crippen LogP contribution in [0.15, 0.2) is 24.3 Å². The van der Waals surface area contributed by atoms with Gasteiger partial charge in [-0.3, -0.25) is 0 Å². The highest BCUT2D eigenvalue weighted by Crippen LogP contribution is 2.27. The van der Waals surface area contributed by atoms with Crippen molar-refractivity contribution in [3.8, 4) is 0 Å². The number of carbonyl (C=O) groups is 2. The zero-order chi connectivity index (χ0) is 18.6. The quantitative estimate of drug-likeness (QED) is 0.851. The molecule has 0 radical (unpaired) electrons. The Balaban J connectivity index is 2.02. The summed E-state index contributed by atoms with van der Waals surface area (Å²) in [4.78, 5) is 25.8. The van der Waals surface area contributed by atoms with Crippen LogP contribution in [0, 0.1) is 0 Å². The monoisotopic (exact) mass is 348 g/mol. The molecule has 2 atom stereocenters. The van der Waals surface area contributed by atoms with Crippen molar-refractivity contribution in [3.63, 3.8) is 0 Å². The number of esters is 1. The lowest BCUT2D eigenvalue weighted by atomic mass is 9.88. The maximum atomic E-state index is 12.0. The van der Waals surface area contributed by atoms with Crippen molar-refractivity contribution in [3.05, 3.63) is 35.4 Å². The molecule has 1 aromatic rings. The van der Waals surface area contributed by atoms with Gasteiger partial charge in [-0.1, -0.05) is 12.1 Å². The number of likely N-dealkylation sites (N-methyl/N-ethyl adjacent to an activating group) is 1. The Bertz CT molecular complexity index is 607. The molecule has 0 spiro atoms. The second-order valence-corrected chi connectivity index (χ2v) is 7.61. The van der Waals surface area contributed by atoms with Crippen LogP contribution in [0.3, 0.4) is 0 Å². The van der Waals surface area contributed by atoms with E-state index in [1.807, 2.05) is 40.0 Å². The van der Waals surface area contributed by atoms with E-state index in [1.165, 1.54) is 7.11 Å². The predicted octanol–water partition coefficient (Wildman–Crippen LogP) is 2.79. The normalized spacial score (nSPS) is 21.5. The van der Waals surface area contributed by atoms with E-state index >= 15 is 0 Å². The molecule has 1 N–H and O–H groups in total. The van der Waals surface area contributed by atoms with Gasteiger partial charge in [0.25, 0.3) is 0 Å². The molecule has 1 heterocycles. The molecule has 1 aliphatic heterocycles. The first kappa shape index (κ1) is 19.2. The first-order valence-electron chi connectivity index (χ1n) is 8.54. The zero-order valence-electron chi connectivity index (χ0n) is 15.7. The minimum atomic E-state index is -0.506. The molecule has 1 aliphatic rings. The number of benzene rings is 1. The number of likely N-dealkylation sites (tertiary alicyclic amines) is 1. The van der Waals surface area contributed by atoms with Gasteiger partial charge in [-0.2, -0.15) is 0 Å². The minimum absolute atomic E-state index is 0.0267. The third-order valence-electron chi connectivity index (χ3n) is 4.16. The molecule has 1 aromatic carbocycles. The molecule has 138 valence electrons. The highest BCUT2D eigenvalue weighted by molar-refractivity contribution is 5.89. The maximum absolute atomic E-state index is 12.0. The summed E-state index contributed by atoms with van der Waals surface area (Å²) in [6.07, 6.45) is 0.453. The van der Waals surface area contributed by atoms with E-state index in [4.69, 9.17) is 9.47 Å². The van der Waals surface area contributed by atoms with Crippen LogP contribution in [0.2, 0.25) is 0 Å². The van der Waals surface area contributed by atoms with Gasteiger partial charge in [0, 0.05) is 19.1 Å². The molecule has 6 heteroatoms. The van der Waals surface area contributed by atoms with Crippen molar-refractivity contribution in [2.24, 2.45) is 0 Å². The van der Waals surface area contributed by atoms with Gasteiger partial charge in [-0.05, 0) is 57.9 Å². The predicted molar refractivity (Wildman–Crippen MR) is 95.8 cm³/mol. The third kappa shape index (κ3) is 5.74. The summed E-state index contributed by atoms with van der Waals surface area (Å²) in [5.74, 6) is -0.0536. The summed E-state index contributed by atoms with van der Waals surface area (Å²) in [6.45, 7) is 7.25. The van der Waals surface area contributed by atoms with Gasteiger partial charge in [0.1, 0.15) is 5.60 Å². The van der Waals surface area contributed by atoms with E-state index in [2.05, 4.69) is 10.2 Å². The van der Waals surface area contributed by atoms with Crippen LogP contribution < -0.4 is 5.32 Å². The van der Waals surface area contributed by atoms with Crippen LogP contribution in [0.25, 0.3) is 0 Å². The summed E-state index contributed by atoms with van der Waals surface area (Å²) in [7, 11) is 3.41. The Morgan fingerprint density at radius 1 is 1.16 bits per heavy atom. The highest BCUT2D eigenvalue weighted by atomic mass is 16.6. The van der Waals surface area contributed by atoms with E-state index in [-0.39, 0.29) is 24.0 Å². The molecule has 25 heavy (non-hydrogen) atoms. The Hall–Kier alpha value is -2.08. The molecule has 1 amide bonds. The standard InChI is InChI=1S/C19H28N2O4/c1-19(2,3)25-18(23)20-16-10-15(11-21(4)12-16)13-6-8-14(9-7-13)17(22)24-5/h6-9,15-16H,10-12H2,1-5H3,(H,20,23)/t15-,16+/m0/s1. The maximum Gasteiger partial charge on any atom is 0.407 e. The summed E-state index contributed by atoms with van der Waals surface area (Å²) in [5, 5.41) is 2.97. The number of ether oxygens (including phenoxy) is 2. The average molecular weight is 348 g/mol. The van der Waals surface area contributed by atoms with Gasteiger partial charge in [0.05, 0.1) is 12.7 Å². The van der Waals surface area contributed by atoms with Crippen LogP contribution >= 0.6 is 0 Å². The van der Waals surface area contributed by atoms with Crippen LogP contribution in [-0.2, 0) is 9.47 Å². The number of methoxy groups -OCH3 is 1. The first-order chi connectivity index (χ1) is 11.7. The van der Waals surface area contributed by atoms with E-state index in [1.54, 1.807) is 12.1 Å². The number of piperidine rings is 1. The van der Waals surface area contributed by atoms with Gasteiger partial charge in [-0.25, -0.2) is 9.59 Å². The van der Waals surface area contributed by atoms with E-state index in [0.717, 1.165) is 25.1 Å². The van der Waals surface area contributed by atoms with Crippen LogP contribution in [-0.4, -0.2) is 55.9 Å².